The van der Waals surface area contributed by atoms with Crippen LogP contribution in [-0.2, 0) is 9.53 Å². The van der Waals surface area contributed by atoms with E-state index in [1.165, 1.54) is 0 Å². The van der Waals surface area contributed by atoms with E-state index >= 15 is 0 Å². The predicted molar refractivity (Wildman–Crippen MR) is 48.0 cm³/mol. The van der Waals surface area contributed by atoms with Crippen LogP contribution >= 0.6 is 0 Å². The molecule has 0 spiro atoms. The van der Waals surface area contributed by atoms with Gasteiger partial charge in [0.25, 0.3) is 0 Å². The smallest absolute Gasteiger partial charge is 0.164 e. The molecule has 1 saturated heterocycles. The van der Waals surface area contributed by atoms with Gasteiger partial charge in [0.05, 0.1) is 0 Å². The lowest BCUT2D eigenvalue weighted by atomic mass is 9.98. The average molecular weight is 168 g/mol. The lowest BCUT2D eigenvalue weighted by molar-refractivity contribution is -0.119. The van der Waals surface area contributed by atoms with E-state index in [4.69, 9.17) is 4.74 Å². The highest BCUT2D eigenvalue weighted by atomic mass is 16.6. The zero-order chi connectivity index (χ0) is 9.19. The van der Waals surface area contributed by atoms with Crippen LogP contribution in [0.3, 0.4) is 0 Å². The third-order valence-electron chi connectivity index (χ3n) is 2.37. The quantitative estimate of drug-likeness (QED) is 0.464. The highest BCUT2D eigenvalue weighted by molar-refractivity contribution is 5.86. The van der Waals surface area contributed by atoms with Crippen molar-refractivity contribution >= 4 is 5.78 Å². The number of ketones is 1. The van der Waals surface area contributed by atoms with Crippen molar-refractivity contribution in [3.05, 3.63) is 12.7 Å². The van der Waals surface area contributed by atoms with Crippen LogP contribution in [0.2, 0.25) is 0 Å². The second-order valence-electron chi connectivity index (χ2n) is 3.46. The Hall–Kier alpha value is -0.630. The molecule has 0 amide bonds. The van der Waals surface area contributed by atoms with E-state index in [1.54, 1.807) is 0 Å². The molecule has 0 aromatic rings. The van der Waals surface area contributed by atoms with E-state index in [9.17, 15) is 4.79 Å². The number of rotatable bonds is 5. The van der Waals surface area contributed by atoms with Crippen LogP contribution in [0.1, 0.15) is 33.1 Å². The molecule has 0 bridgehead atoms. The molecule has 68 valence electrons. The molecule has 1 fully saturated rings. The third-order valence-corrected chi connectivity index (χ3v) is 2.37. The molecule has 0 aliphatic carbocycles. The highest BCUT2D eigenvalue weighted by Gasteiger charge is 2.54. The van der Waals surface area contributed by atoms with Gasteiger partial charge in [0, 0.05) is 6.42 Å². The highest BCUT2D eigenvalue weighted by Crippen LogP contribution is 2.41. The molecule has 1 aliphatic rings. The van der Waals surface area contributed by atoms with Crippen molar-refractivity contribution in [2.75, 3.05) is 0 Å². The van der Waals surface area contributed by atoms with Gasteiger partial charge >= 0.3 is 0 Å². The maximum Gasteiger partial charge on any atom is 0.164 e. The molecule has 2 atom stereocenters. The summed E-state index contributed by atoms with van der Waals surface area (Å²) < 4.78 is 5.36. The van der Waals surface area contributed by atoms with E-state index < -0.39 is 0 Å². The summed E-state index contributed by atoms with van der Waals surface area (Å²) in [6, 6.07) is 0. The summed E-state index contributed by atoms with van der Waals surface area (Å²) in [7, 11) is 0. The molecule has 0 radical (unpaired) electrons. The van der Waals surface area contributed by atoms with E-state index in [1.807, 2.05) is 19.9 Å². The molecule has 0 N–H and O–H groups in total. The summed E-state index contributed by atoms with van der Waals surface area (Å²) in [6.07, 6.45) is 4.13. The summed E-state index contributed by atoms with van der Waals surface area (Å²) in [4.78, 5) is 11.2. The standard InChI is InChI=1S/C10H16O2/c1-4-6-7-10(3)9(12-10)8(11)5-2/h4,9H,1,5-7H2,2-3H3. The van der Waals surface area contributed by atoms with E-state index in [0.29, 0.717) is 6.42 Å². The maximum absolute atomic E-state index is 11.2. The third kappa shape index (κ3) is 1.75. The number of Topliss-reactive ketones (excluding diaryl/α,β-unsaturated/α-hetero) is 1. The van der Waals surface area contributed by atoms with Gasteiger partial charge < -0.3 is 4.74 Å². The molecule has 0 aromatic carbocycles. The lowest BCUT2D eigenvalue weighted by Crippen LogP contribution is -2.16. The van der Waals surface area contributed by atoms with Crippen molar-refractivity contribution in [3.63, 3.8) is 0 Å². The van der Waals surface area contributed by atoms with Crippen LogP contribution in [0.15, 0.2) is 12.7 Å². The number of carbonyl (C=O) groups excluding carboxylic acids is 1. The number of allylic oxidation sites excluding steroid dienone is 1. The minimum absolute atomic E-state index is 0.137. The van der Waals surface area contributed by atoms with Crippen LogP contribution in [0.5, 0.6) is 0 Å². The number of carbonyl (C=O) groups is 1. The van der Waals surface area contributed by atoms with Crippen molar-refractivity contribution in [2.24, 2.45) is 0 Å². The van der Waals surface area contributed by atoms with Gasteiger partial charge in [0.2, 0.25) is 0 Å². The van der Waals surface area contributed by atoms with Gasteiger partial charge in [-0.05, 0) is 19.8 Å². The first kappa shape index (κ1) is 9.46. The molecule has 2 heteroatoms. The Morgan fingerprint density at radius 2 is 2.42 bits per heavy atom. The molecule has 2 nitrogen and oxygen atoms in total. The minimum atomic E-state index is -0.179. The topological polar surface area (TPSA) is 29.6 Å². The molecule has 1 rings (SSSR count). The zero-order valence-corrected chi connectivity index (χ0v) is 7.80. The SMILES string of the molecule is C=CCCC1(C)OC1C(=O)CC. The number of epoxide rings is 1. The van der Waals surface area contributed by atoms with Crippen molar-refractivity contribution in [1.29, 1.82) is 0 Å². The molecular weight excluding hydrogens is 152 g/mol. The molecule has 12 heavy (non-hydrogen) atoms. The summed E-state index contributed by atoms with van der Waals surface area (Å²) in [5, 5.41) is 0. The summed E-state index contributed by atoms with van der Waals surface area (Å²) in [5.41, 5.74) is -0.179. The van der Waals surface area contributed by atoms with E-state index in [2.05, 4.69) is 6.58 Å². The Kier molecular flexibility index (Phi) is 2.68. The summed E-state index contributed by atoms with van der Waals surface area (Å²) in [6.45, 7) is 7.51. The van der Waals surface area contributed by atoms with E-state index in [0.717, 1.165) is 12.8 Å². The van der Waals surface area contributed by atoms with Gasteiger partial charge in [-0.3, -0.25) is 4.79 Å². The Balaban J connectivity index is 2.37. The van der Waals surface area contributed by atoms with E-state index in [-0.39, 0.29) is 17.5 Å². The van der Waals surface area contributed by atoms with Crippen LogP contribution in [-0.4, -0.2) is 17.5 Å². The fraction of sp³-hybridized carbons (Fsp3) is 0.700. The Labute approximate surface area is 73.6 Å². The van der Waals surface area contributed by atoms with Crippen LogP contribution in [0.25, 0.3) is 0 Å². The molecular formula is C10H16O2. The molecule has 0 aromatic heterocycles. The van der Waals surface area contributed by atoms with Gasteiger partial charge in [-0.2, -0.15) is 0 Å². The van der Waals surface area contributed by atoms with Crippen molar-refractivity contribution in [1.82, 2.24) is 0 Å². The first-order valence-corrected chi connectivity index (χ1v) is 4.45. The molecule has 2 unspecified atom stereocenters. The summed E-state index contributed by atoms with van der Waals surface area (Å²) >= 11 is 0. The number of hydrogen-bond acceptors (Lipinski definition) is 2. The average Bonchev–Trinajstić information content (AvgIpc) is 2.74. The second-order valence-corrected chi connectivity index (χ2v) is 3.46. The van der Waals surface area contributed by atoms with Gasteiger partial charge in [0.1, 0.15) is 11.7 Å². The van der Waals surface area contributed by atoms with Crippen LogP contribution < -0.4 is 0 Å². The van der Waals surface area contributed by atoms with Crippen LogP contribution in [0, 0.1) is 0 Å². The van der Waals surface area contributed by atoms with Crippen LogP contribution in [0.4, 0.5) is 0 Å². The fourth-order valence-electron chi connectivity index (χ4n) is 1.41. The fourth-order valence-corrected chi connectivity index (χ4v) is 1.41. The number of hydrogen-bond donors (Lipinski definition) is 0. The normalized spacial score (nSPS) is 33.0. The van der Waals surface area contributed by atoms with Gasteiger partial charge in [0.15, 0.2) is 5.78 Å². The largest absolute Gasteiger partial charge is 0.358 e. The molecule has 1 aliphatic heterocycles. The minimum Gasteiger partial charge on any atom is -0.358 e. The zero-order valence-electron chi connectivity index (χ0n) is 7.80. The Morgan fingerprint density at radius 3 is 2.92 bits per heavy atom. The number of ether oxygens (including phenoxy) is 1. The summed E-state index contributed by atoms with van der Waals surface area (Å²) in [5.74, 6) is 0.224. The van der Waals surface area contributed by atoms with Crippen molar-refractivity contribution in [3.8, 4) is 0 Å². The van der Waals surface area contributed by atoms with Crippen molar-refractivity contribution < 1.29 is 9.53 Å². The first-order chi connectivity index (χ1) is 5.64. The van der Waals surface area contributed by atoms with Gasteiger partial charge in [-0.25, -0.2) is 0 Å². The predicted octanol–water partition coefficient (Wildman–Crippen LogP) is 2.09. The lowest BCUT2D eigenvalue weighted by Gasteiger charge is -2.01. The van der Waals surface area contributed by atoms with Crippen molar-refractivity contribution in [2.45, 2.75) is 44.8 Å². The van der Waals surface area contributed by atoms with Gasteiger partial charge in [-0.1, -0.05) is 13.0 Å². The maximum atomic E-state index is 11.2. The molecule has 0 saturated carbocycles. The Bertz CT molecular complexity index is 198. The second kappa shape index (κ2) is 3.40. The Morgan fingerprint density at radius 1 is 1.75 bits per heavy atom. The van der Waals surface area contributed by atoms with Gasteiger partial charge in [-0.15, -0.1) is 6.58 Å². The molecule has 1 heterocycles. The first-order valence-electron chi connectivity index (χ1n) is 4.45. The monoisotopic (exact) mass is 168 g/mol.